The van der Waals surface area contributed by atoms with E-state index in [-0.39, 0.29) is 0 Å². The summed E-state index contributed by atoms with van der Waals surface area (Å²) in [4.78, 5) is 11.7. The predicted molar refractivity (Wildman–Crippen MR) is 57.4 cm³/mol. The molecule has 0 aliphatic heterocycles. The SMILES string of the molecule is CC(S)CCOCCc1ncncn1. The molecule has 1 aromatic heterocycles. The van der Waals surface area contributed by atoms with Gasteiger partial charge in [0.25, 0.3) is 0 Å². The van der Waals surface area contributed by atoms with Crippen LogP contribution >= 0.6 is 12.6 Å². The summed E-state index contributed by atoms with van der Waals surface area (Å²) in [6, 6.07) is 0. The summed E-state index contributed by atoms with van der Waals surface area (Å²) in [5.74, 6) is 0.777. The van der Waals surface area contributed by atoms with Crippen molar-refractivity contribution in [1.82, 2.24) is 15.0 Å². The minimum Gasteiger partial charge on any atom is -0.381 e. The number of hydrogen-bond acceptors (Lipinski definition) is 5. The Morgan fingerprint density at radius 2 is 2.07 bits per heavy atom. The molecule has 0 aromatic carbocycles. The molecule has 0 amide bonds. The lowest BCUT2D eigenvalue weighted by molar-refractivity contribution is 0.134. The van der Waals surface area contributed by atoms with Crippen LogP contribution in [0.5, 0.6) is 0 Å². The lowest BCUT2D eigenvalue weighted by Crippen LogP contribution is -2.06. The third-order valence-corrected chi connectivity index (χ3v) is 1.96. The average Bonchev–Trinajstić information content (AvgIpc) is 2.18. The summed E-state index contributed by atoms with van der Waals surface area (Å²) in [7, 11) is 0. The van der Waals surface area contributed by atoms with Gasteiger partial charge in [0.15, 0.2) is 0 Å². The summed E-state index contributed by atoms with van der Waals surface area (Å²) in [5, 5.41) is 0.396. The molecule has 1 aromatic rings. The zero-order chi connectivity index (χ0) is 10.2. The lowest BCUT2D eigenvalue weighted by Gasteiger charge is -2.04. The standard InChI is InChI=1S/C9H15N3OS/c1-8(14)2-4-13-5-3-9-11-6-10-7-12-9/h6-8,14H,2-5H2,1H3. The maximum atomic E-state index is 5.40. The van der Waals surface area contributed by atoms with Crippen molar-refractivity contribution >= 4 is 12.6 Å². The first-order valence-electron chi connectivity index (χ1n) is 4.65. The van der Waals surface area contributed by atoms with Crippen LogP contribution in [0.3, 0.4) is 0 Å². The highest BCUT2D eigenvalue weighted by atomic mass is 32.1. The van der Waals surface area contributed by atoms with Crippen molar-refractivity contribution in [3.8, 4) is 0 Å². The summed E-state index contributed by atoms with van der Waals surface area (Å²) < 4.78 is 5.40. The first-order chi connectivity index (χ1) is 6.79. The molecular formula is C9H15N3OS. The average molecular weight is 213 g/mol. The van der Waals surface area contributed by atoms with Crippen molar-refractivity contribution in [2.75, 3.05) is 13.2 Å². The van der Waals surface area contributed by atoms with E-state index in [9.17, 15) is 0 Å². The minimum absolute atomic E-state index is 0.396. The first-order valence-corrected chi connectivity index (χ1v) is 5.17. The zero-order valence-corrected chi connectivity index (χ0v) is 9.15. The van der Waals surface area contributed by atoms with Crippen LogP contribution in [0.1, 0.15) is 19.2 Å². The fourth-order valence-electron chi connectivity index (χ4n) is 0.912. The van der Waals surface area contributed by atoms with Gasteiger partial charge in [-0.3, -0.25) is 0 Å². The summed E-state index contributed by atoms with van der Waals surface area (Å²) >= 11 is 4.26. The summed E-state index contributed by atoms with van der Waals surface area (Å²) in [6.07, 6.45) is 4.71. The molecule has 0 saturated heterocycles. The maximum absolute atomic E-state index is 5.40. The minimum atomic E-state index is 0.396. The van der Waals surface area contributed by atoms with Crippen molar-refractivity contribution < 1.29 is 4.74 Å². The predicted octanol–water partition coefficient (Wildman–Crippen LogP) is 1.14. The molecule has 1 heterocycles. The molecule has 14 heavy (non-hydrogen) atoms. The quantitative estimate of drug-likeness (QED) is 0.568. The number of ether oxygens (including phenoxy) is 1. The molecule has 0 N–H and O–H groups in total. The van der Waals surface area contributed by atoms with E-state index < -0.39 is 0 Å². The van der Waals surface area contributed by atoms with E-state index in [1.807, 2.05) is 0 Å². The topological polar surface area (TPSA) is 47.9 Å². The highest BCUT2D eigenvalue weighted by Crippen LogP contribution is 1.99. The van der Waals surface area contributed by atoms with Crippen LogP contribution in [0, 0.1) is 0 Å². The highest BCUT2D eigenvalue weighted by Gasteiger charge is 1.97. The number of nitrogens with zero attached hydrogens (tertiary/aromatic N) is 3. The molecule has 1 unspecified atom stereocenters. The van der Waals surface area contributed by atoms with Gasteiger partial charge in [-0.15, -0.1) is 0 Å². The van der Waals surface area contributed by atoms with Crippen molar-refractivity contribution in [2.24, 2.45) is 0 Å². The van der Waals surface area contributed by atoms with E-state index in [2.05, 4.69) is 34.5 Å². The molecule has 0 aliphatic rings. The van der Waals surface area contributed by atoms with Crippen molar-refractivity contribution in [1.29, 1.82) is 0 Å². The van der Waals surface area contributed by atoms with Gasteiger partial charge in [-0.1, -0.05) is 6.92 Å². The normalized spacial score (nSPS) is 12.7. The fraction of sp³-hybridized carbons (Fsp3) is 0.667. The maximum Gasteiger partial charge on any atom is 0.134 e. The Morgan fingerprint density at radius 3 is 2.71 bits per heavy atom. The first kappa shape index (κ1) is 11.4. The van der Waals surface area contributed by atoms with E-state index in [1.165, 1.54) is 12.7 Å². The van der Waals surface area contributed by atoms with Crippen molar-refractivity contribution in [3.63, 3.8) is 0 Å². The molecule has 0 aliphatic carbocycles. The van der Waals surface area contributed by atoms with Crippen LogP contribution in [0.2, 0.25) is 0 Å². The van der Waals surface area contributed by atoms with E-state index in [0.717, 1.165) is 25.3 Å². The van der Waals surface area contributed by atoms with Crippen LogP contribution in [0.15, 0.2) is 12.7 Å². The van der Waals surface area contributed by atoms with Crippen molar-refractivity contribution in [3.05, 3.63) is 18.5 Å². The number of rotatable bonds is 6. The zero-order valence-electron chi connectivity index (χ0n) is 8.26. The van der Waals surface area contributed by atoms with E-state index in [0.29, 0.717) is 11.9 Å². The van der Waals surface area contributed by atoms with E-state index >= 15 is 0 Å². The Hall–Kier alpha value is -0.680. The van der Waals surface area contributed by atoms with Gasteiger partial charge in [-0.25, -0.2) is 15.0 Å². The molecule has 5 heteroatoms. The Morgan fingerprint density at radius 1 is 1.36 bits per heavy atom. The van der Waals surface area contributed by atoms with Crippen LogP contribution < -0.4 is 0 Å². The smallest absolute Gasteiger partial charge is 0.134 e. The molecule has 1 rings (SSSR count). The molecule has 0 saturated carbocycles. The van der Waals surface area contributed by atoms with Gasteiger partial charge < -0.3 is 4.74 Å². The third kappa shape index (κ3) is 5.14. The Bertz CT molecular complexity index is 243. The van der Waals surface area contributed by atoms with Gasteiger partial charge in [0, 0.05) is 18.3 Å². The number of aromatic nitrogens is 3. The summed E-state index contributed by atoms with van der Waals surface area (Å²) in [5.41, 5.74) is 0. The molecule has 0 spiro atoms. The number of thiol groups is 1. The largest absolute Gasteiger partial charge is 0.381 e. The second kappa shape index (κ2) is 6.73. The molecule has 0 fully saturated rings. The van der Waals surface area contributed by atoms with Crippen LogP contribution in [0.25, 0.3) is 0 Å². The second-order valence-corrected chi connectivity index (χ2v) is 3.94. The van der Waals surface area contributed by atoms with Crippen LogP contribution in [0.4, 0.5) is 0 Å². The van der Waals surface area contributed by atoms with Gasteiger partial charge in [-0.05, 0) is 6.42 Å². The van der Waals surface area contributed by atoms with E-state index in [1.54, 1.807) is 0 Å². The molecule has 0 radical (unpaired) electrons. The van der Waals surface area contributed by atoms with Gasteiger partial charge in [0.1, 0.15) is 18.5 Å². The monoisotopic (exact) mass is 213 g/mol. The molecule has 78 valence electrons. The highest BCUT2D eigenvalue weighted by molar-refractivity contribution is 7.80. The van der Waals surface area contributed by atoms with Gasteiger partial charge >= 0.3 is 0 Å². The van der Waals surface area contributed by atoms with Gasteiger partial charge in [0.2, 0.25) is 0 Å². The van der Waals surface area contributed by atoms with E-state index in [4.69, 9.17) is 4.74 Å². The van der Waals surface area contributed by atoms with Gasteiger partial charge in [0.05, 0.1) is 6.61 Å². The van der Waals surface area contributed by atoms with Gasteiger partial charge in [-0.2, -0.15) is 12.6 Å². The fourth-order valence-corrected chi connectivity index (χ4v) is 1.02. The molecule has 1 atom stereocenters. The Labute approximate surface area is 89.5 Å². The van der Waals surface area contributed by atoms with Crippen LogP contribution in [-0.2, 0) is 11.2 Å². The lowest BCUT2D eigenvalue weighted by atomic mass is 10.3. The van der Waals surface area contributed by atoms with Crippen molar-refractivity contribution in [2.45, 2.75) is 25.0 Å². The molecule has 4 nitrogen and oxygen atoms in total. The Kier molecular flexibility index (Phi) is 5.47. The third-order valence-electron chi connectivity index (χ3n) is 1.70. The molecule has 0 bridgehead atoms. The second-order valence-electron chi connectivity index (χ2n) is 3.05. The number of hydrogen-bond donors (Lipinski definition) is 1. The molecular weight excluding hydrogens is 198 g/mol. The Balaban J connectivity index is 2.05. The van der Waals surface area contributed by atoms with Crippen LogP contribution in [-0.4, -0.2) is 33.4 Å². The summed E-state index contributed by atoms with van der Waals surface area (Å²) in [6.45, 7) is 3.46.